The molecular weight excluding hydrogens is 571 g/mol. The molecule has 0 spiro atoms. The number of carbonyl (C=O) groups excluding carboxylic acids is 2. The highest BCUT2D eigenvalue weighted by atomic mass is 32.2. The summed E-state index contributed by atoms with van der Waals surface area (Å²) < 4.78 is 12.8. The summed E-state index contributed by atoms with van der Waals surface area (Å²) in [4.78, 5) is 46.5. The molecule has 2 N–H and O–H groups in total. The van der Waals surface area contributed by atoms with E-state index < -0.39 is 0 Å². The average molecular weight is 602 g/mol. The van der Waals surface area contributed by atoms with Crippen molar-refractivity contribution in [2.75, 3.05) is 31.8 Å². The summed E-state index contributed by atoms with van der Waals surface area (Å²) in [5, 5.41) is 10.4. The quantitative estimate of drug-likeness (QED) is 0.115. The third-order valence-electron chi connectivity index (χ3n) is 6.01. The van der Waals surface area contributed by atoms with Crippen molar-refractivity contribution in [3.8, 4) is 11.5 Å². The third kappa shape index (κ3) is 8.05. The molecule has 0 aliphatic carbocycles. The molecule has 0 saturated heterocycles. The Morgan fingerprint density at radius 1 is 1.02 bits per heavy atom. The van der Waals surface area contributed by atoms with Gasteiger partial charge in [0.25, 0.3) is 5.56 Å². The predicted octanol–water partition coefficient (Wildman–Crippen LogP) is 4.58. The molecule has 0 radical (unpaired) electrons. The zero-order valence-corrected chi connectivity index (χ0v) is 24.8. The van der Waals surface area contributed by atoms with Crippen molar-refractivity contribution < 1.29 is 19.1 Å². The first-order chi connectivity index (χ1) is 19.5. The van der Waals surface area contributed by atoms with Gasteiger partial charge in [0.2, 0.25) is 11.8 Å². The first kappa shape index (κ1) is 29.6. The SMILES string of the molecule is COc1ccc(CCNC(=O)CCCCCn2c(SCC(=O)Nc3nccs3)nc3ccsc3c2=O)cc1OC. The van der Waals surface area contributed by atoms with Crippen LogP contribution in [0.1, 0.15) is 31.2 Å². The van der Waals surface area contributed by atoms with E-state index in [1.165, 1.54) is 34.4 Å². The van der Waals surface area contributed by atoms with E-state index in [9.17, 15) is 14.4 Å². The number of aromatic nitrogens is 3. The van der Waals surface area contributed by atoms with E-state index in [-0.39, 0.29) is 23.1 Å². The molecule has 0 aliphatic rings. The number of rotatable bonds is 15. The number of ether oxygens (including phenoxy) is 2. The van der Waals surface area contributed by atoms with Gasteiger partial charge in [-0.1, -0.05) is 24.2 Å². The molecule has 3 heterocycles. The van der Waals surface area contributed by atoms with Crippen molar-refractivity contribution in [2.45, 2.75) is 43.8 Å². The average Bonchev–Trinajstić information content (AvgIpc) is 3.65. The number of fused-ring (bicyclic) bond motifs is 1. The van der Waals surface area contributed by atoms with E-state index in [0.29, 0.717) is 64.4 Å². The molecular formula is C27H31N5O5S3. The molecule has 3 aromatic heterocycles. The summed E-state index contributed by atoms with van der Waals surface area (Å²) in [5.74, 6) is 1.25. The van der Waals surface area contributed by atoms with E-state index in [0.717, 1.165) is 18.4 Å². The molecule has 0 unspecified atom stereocenters. The second-order valence-corrected chi connectivity index (χ2v) is 11.5. The number of amides is 2. The molecule has 0 aliphatic heterocycles. The summed E-state index contributed by atoms with van der Waals surface area (Å²) in [5.41, 5.74) is 1.59. The lowest BCUT2D eigenvalue weighted by Gasteiger charge is -2.12. The number of carbonyl (C=O) groups is 2. The summed E-state index contributed by atoms with van der Waals surface area (Å²) in [6, 6.07) is 7.54. The highest BCUT2D eigenvalue weighted by Crippen LogP contribution is 2.27. The van der Waals surface area contributed by atoms with Gasteiger partial charge in [-0.25, -0.2) is 9.97 Å². The molecule has 40 heavy (non-hydrogen) atoms. The van der Waals surface area contributed by atoms with Crippen molar-refractivity contribution in [2.24, 2.45) is 0 Å². The minimum absolute atomic E-state index is 0.00167. The molecule has 1 aromatic carbocycles. The van der Waals surface area contributed by atoms with Gasteiger partial charge in [0, 0.05) is 31.1 Å². The van der Waals surface area contributed by atoms with E-state index in [4.69, 9.17) is 9.47 Å². The van der Waals surface area contributed by atoms with E-state index in [2.05, 4.69) is 20.6 Å². The number of thioether (sulfide) groups is 1. The predicted molar refractivity (Wildman–Crippen MR) is 160 cm³/mol. The molecule has 0 atom stereocenters. The van der Waals surface area contributed by atoms with Crippen LogP contribution in [0.5, 0.6) is 11.5 Å². The highest BCUT2D eigenvalue weighted by molar-refractivity contribution is 7.99. The van der Waals surface area contributed by atoms with Crippen LogP contribution in [-0.4, -0.2) is 52.9 Å². The fourth-order valence-electron chi connectivity index (χ4n) is 4.00. The Morgan fingerprint density at radius 3 is 2.65 bits per heavy atom. The Morgan fingerprint density at radius 2 is 1.88 bits per heavy atom. The van der Waals surface area contributed by atoms with E-state index in [1.54, 1.807) is 30.4 Å². The van der Waals surface area contributed by atoms with Crippen molar-refractivity contribution >= 4 is 61.6 Å². The Labute approximate surface area is 244 Å². The molecule has 0 fully saturated rings. The van der Waals surface area contributed by atoms with Gasteiger partial charge in [0.05, 0.1) is 25.5 Å². The minimum atomic E-state index is -0.205. The molecule has 10 nitrogen and oxygen atoms in total. The number of anilines is 1. The monoisotopic (exact) mass is 601 g/mol. The van der Waals surface area contributed by atoms with Crippen LogP contribution in [0.4, 0.5) is 5.13 Å². The summed E-state index contributed by atoms with van der Waals surface area (Å²) in [7, 11) is 3.19. The maximum atomic E-state index is 13.1. The van der Waals surface area contributed by atoms with Crippen LogP contribution in [0, 0.1) is 0 Å². The van der Waals surface area contributed by atoms with Gasteiger partial charge in [-0.05, 0) is 48.4 Å². The summed E-state index contributed by atoms with van der Waals surface area (Å²) >= 11 is 3.94. The Kier molecular flexibility index (Phi) is 11.0. The van der Waals surface area contributed by atoms with Gasteiger partial charge in [0.1, 0.15) is 4.70 Å². The van der Waals surface area contributed by atoms with E-state index >= 15 is 0 Å². The normalized spacial score (nSPS) is 10.9. The standard InChI is InChI=1S/C27H31N5O5S3/c1-36-20-8-7-18(16-21(20)37-2)9-11-28-22(33)6-4-3-5-13-32-25(35)24-19(10-14-38-24)30-27(32)40-17-23(34)31-26-29-12-15-39-26/h7-8,10,12,14-16H,3-6,9,11,13,17H2,1-2H3,(H,28,33)(H,29,31,34). The lowest BCUT2D eigenvalue weighted by Crippen LogP contribution is -2.25. The van der Waals surface area contributed by atoms with Gasteiger partial charge in [-0.2, -0.15) is 0 Å². The first-order valence-electron chi connectivity index (χ1n) is 12.8. The Balaban J connectivity index is 1.22. The number of thiazole rings is 1. The van der Waals surface area contributed by atoms with Crippen molar-refractivity contribution in [1.29, 1.82) is 0 Å². The Bertz CT molecular complexity index is 1490. The molecule has 0 saturated carbocycles. The van der Waals surface area contributed by atoms with Crippen LogP contribution in [0.3, 0.4) is 0 Å². The Hall–Kier alpha value is -3.42. The zero-order valence-electron chi connectivity index (χ0n) is 22.3. The van der Waals surface area contributed by atoms with Crippen LogP contribution in [-0.2, 0) is 22.6 Å². The van der Waals surface area contributed by atoms with Crippen molar-refractivity contribution in [3.05, 3.63) is 57.1 Å². The number of methoxy groups -OCH3 is 2. The van der Waals surface area contributed by atoms with Crippen LogP contribution in [0.25, 0.3) is 10.2 Å². The van der Waals surface area contributed by atoms with Gasteiger partial charge in [0.15, 0.2) is 21.8 Å². The molecule has 0 bridgehead atoms. The number of nitrogens with one attached hydrogen (secondary N) is 2. The van der Waals surface area contributed by atoms with Crippen LogP contribution in [0.2, 0.25) is 0 Å². The second kappa shape index (κ2) is 14.8. The number of benzene rings is 1. The van der Waals surface area contributed by atoms with Gasteiger partial charge in [-0.15, -0.1) is 22.7 Å². The molecule has 4 aromatic rings. The third-order valence-corrected chi connectivity index (χ3v) is 8.57. The lowest BCUT2D eigenvalue weighted by molar-refractivity contribution is -0.121. The summed E-state index contributed by atoms with van der Waals surface area (Å²) in [6.07, 6.45) is 4.95. The smallest absolute Gasteiger partial charge is 0.272 e. The van der Waals surface area contributed by atoms with Crippen molar-refractivity contribution in [1.82, 2.24) is 19.9 Å². The number of thiophene rings is 1. The van der Waals surface area contributed by atoms with Crippen molar-refractivity contribution in [3.63, 3.8) is 0 Å². The molecule has 13 heteroatoms. The molecule has 212 valence electrons. The fourth-order valence-corrected chi connectivity index (χ4v) is 6.15. The number of nitrogens with zero attached hydrogens (tertiary/aromatic N) is 3. The van der Waals surface area contributed by atoms with Crippen LogP contribution < -0.4 is 25.7 Å². The van der Waals surface area contributed by atoms with Crippen LogP contribution in [0.15, 0.2) is 51.2 Å². The molecule has 4 rings (SSSR count). The largest absolute Gasteiger partial charge is 0.493 e. The number of hydrogen-bond donors (Lipinski definition) is 2. The van der Waals surface area contributed by atoms with E-state index in [1.807, 2.05) is 29.6 Å². The lowest BCUT2D eigenvalue weighted by atomic mass is 10.1. The zero-order chi connectivity index (χ0) is 28.3. The van der Waals surface area contributed by atoms with Gasteiger partial charge < -0.3 is 20.1 Å². The fraction of sp³-hybridized carbons (Fsp3) is 0.370. The van der Waals surface area contributed by atoms with Crippen LogP contribution >= 0.6 is 34.4 Å². The topological polar surface area (TPSA) is 124 Å². The minimum Gasteiger partial charge on any atom is -0.493 e. The molecule has 2 amide bonds. The maximum Gasteiger partial charge on any atom is 0.272 e. The number of hydrogen-bond acceptors (Lipinski definition) is 10. The van der Waals surface area contributed by atoms with Gasteiger partial charge in [-0.3, -0.25) is 19.0 Å². The number of unbranched alkanes of at least 4 members (excludes halogenated alkanes) is 2. The van der Waals surface area contributed by atoms with Gasteiger partial charge >= 0.3 is 0 Å². The second-order valence-electron chi connectivity index (χ2n) is 8.76. The highest BCUT2D eigenvalue weighted by Gasteiger charge is 2.15. The first-order valence-corrected chi connectivity index (χ1v) is 15.5. The maximum absolute atomic E-state index is 13.1. The summed E-state index contributed by atoms with van der Waals surface area (Å²) in [6.45, 7) is 1.00.